The van der Waals surface area contributed by atoms with Crippen LogP contribution in [0.3, 0.4) is 0 Å². The highest BCUT2D eigenvalue weighted by Crippen LogP contribution is 2.45. The first-order valence-electron chi connectivity index (χ1n) is 9.38. The molecular weight excluding hydrogens is 352 g/mol. The molecule has 1 aliphatic heterocycles. The molecule has 1 saturated carbocycles. The van der Waals surface area contributed by atoms with Crippen LogP contribution in [0.2, 0.25) is 0 Å². The number of rotatable bonds is 4. The van der Waals surface area contributed by atoms with Gasteiger partial charge in [-0.2, -0.15) is 0 Å². The zero-order chi connectivity index (χ0) is 20.5. The quantitative estimate of drug-likeness (QED) is 0.723. The van der Waals surface area contributed by atoms with Gasteiger partial charge in [0.15, 0.2) is 0 Å². The number of carbonyl (C=O) groups excluding carboxylic acids is 3. The van der Waals surface area contributed by atoms with Crippen molar-refractivity contribution in [3.05, 3.63) is 0 Å². The lowest BCUT2D eigenvalue weighted by Crippen LogP contribution is -2.52. The lowest BCUT2D eigenvalue weighted by atomic mass is 9.62. The van der Waals surface area contributed by atoms with Gasteiger partial charge < -0.3 is 24.8 Å². The second-order valence-corrected chi connectivity index (χ2v) is 9.79. The molecule has 27 heavy (non-hydrogen) atoms. The summed E-state index contributed by atoms with van der Waals surface area (Å²) >= 11 is 0. The Morgan fingerprint density at radius 1 is 1.22 bits per heavy atom. The Balaban J connectivity index is 1.94. The summed E-state index contributed by atoms with van der Waals surface area (Å²) in [5.74, 6) is -0.359. The van der Waals surface area contributed by atoms with Gasteiger partial charge in [-0.3, -0.25) is 4.79 Å². The number of hydrogen-bond donors (Lipinski definition) is 2. The van der Waals surface area contributed by atoms with Crippen molar-refractivity contribution in [1.82, 2.24) is 10.6 Å². The van der Waals surface area contributed by atoms with E-state index in [-0.39, 0.29) is 29.4 Å². The van der Waals surface area contributed by atoms with Crippen LogP contribution in [0.5, 0.6) is 0 Å². The molecule has 3 unspecified atom stereocenters. The van der Waals surface area contributed by atoms with Crippen LogP contribution in [0.1, 0.15) is 60.8 Å². The van der Waals surface area contributed by atoms with E-state index in [2.05, 4.69) is 36.1 Å². The van der Waals surface area contributed by atoms with Gasteiger partial charge in [0.2, 0.25) is 6.10 Å². The molecule has 1 heterocycles. The molecule has 1 aliphatic carbocycles. The van der Waals surface area contributed by atoms with Crippen molar-refractivity contribution in [2.45, 2.75) is 78.6 Å². The summed E-state index contributed by atoms with van der Waals surface area (Å²) < 4.78 is 14.8. The van der Waals surface area contributed by atoms with E-state index in [0.717, 1.165) is 19.3 Å². The molecule has 8 heteroatoms. The number of carbonyl (C=O) groups is 3. The molecule has 1 saturated heterocycles. The van der Waals surface area contributed by atoms with Gasteiger partial charge in [-0.25, -0.2) is 9.59 Å². The van der Waals surface area contributed by atoms with Gasteiger partial charge in [0, 0.05) is 12.6 Å². The van der Waals surface area contributed by atoms with Crippen LogP contribution in [0, 0.1) is 10.8 Å². The summed E-state index contributed by atoms with van der Waals surface area (Å²) in [6.07, 6.45) is 0.316. The lowest BCUT2D eigenvalue weighted by Gasteiger charge is -2.47. The van der Waals surface area contributed by atoms with Crippen molar-refractivity contribution < 1.29 is 28.6 Å². The number of amides is 2. The number of hydrogen-bond acceptors (Lipinski definition) is 6. The highest BCUT2D eigenvalue weighted by atomic mass is 16.8. The molecule has 0 aromatic rings. The van der Waals surface area contributed by atoms with Crippen LogP contribution < -0.4 is 10.6 Å². The fourth-order valence-corrected chi connectivity index (χ4v) is 4.22. The van der Waals surface area contributed by atoms with Gasteiger partial charge in [-0.05, 0) is 50.9 Å². The molecule has 2 N–H and O–H groups in total. The van der Waals surface area contributed by atoms with Gasteiger partial charge in [-0.15, -0.1) is 0 Å². The number of alkyl carbamates (subject to hydrolysis) is 1. The molecule has 2 amide bonds. The molecule has 3 atom stereocenters. The van der Waals surface area contributed by atoms with Crippen LogP contribution in [0.25, 0.3) is 0 Å². The van der Waals surface area contributed by atoms with Crippen molar-refractivity contribution in [2.24, 2.45) is 10.8 Å². The fraction of sp³-hybridized carbons (Fsp3) is 0.842. The maximum absolute atomic E-state index is 12.2. The van der Waals surface area contributed by atoms with Crippen molar-refractivity contribution in [1.29, 1.82) is 0 Å². The standard InChI is InChI=1S/C19H32N2O6/c1-17(2,3)27-15(23)21-12-7-18(4,5)10-19(6,8-12)11-20-14(22)13-9-25-16(24)26-13/h12-13H,7-11H2,1-6H3,(H,20,22)(H,21,23). The smallest absolute Gasteiger partial charge is 0.444 e. The van der Waals surface area contributed by atoms with E-state index < -0.39 is 24.0 Å². The van der Waals surface area contributed by atoms with Crippen LogP contribution in [-0.2, 0) is 19.0 Å². The van der Waals surface area contributed by atoms with Crippen LogP contribution in [0.15, 0.2) is 0 Å². The Morgan fingerprint density at radius 3 is 2.44 bits per heavy atom. The molecule has 2 fully saturated rings. The van der Waals surface area contributed by atoms with E-state index in [1.165, 1.54) is 0 Å². The number of ether oxygens (including phenoxy) is 3. The van der Waals surface area contributed by atoms with Crippen LogP contribution in [0.4, 0.5) is 9.59 Å². The molecule has 0 radical (unpaired) electrons. The highest BCUT2D eigenvalue weighted by molar-refractivity contribution is 5.84. The lowest BCUT2D eigenvalue weighted by molar-refractivity contribution is -0.128. The van der Waals surface area contributed by atoms with Crippen molar-refractivity contribution in [3.8, 4) is 0 Å². The zero-order valence-electron chi connectivity index (χ0n) is 17.1. The average molecular weight is 384 g/mol. The zero-order valence-corrected chi connectivity index (χ0v) is 17.1. The highest BCUT2D eigenvalue weighted by Gasteiger charge is 2.43. The Hall–Kier alpha value is -1.99. The molecule has 2 rings (SSSR count). The van der Waals surface area contributed by atoms with Gasteiger partial charge in [0.05, 0.1) is 0 Å². The minimum Gasteiger partial charge on any atom is -0.444 e. The number of nitrogens with one attached hydrogen (secondary N) is 2. The Morgan fingerprint density at radius 2 is 1.89 bits per heavy atom. The van der Waals surface area contributed by atoms with E-state index >= 15 is 0 Å². The minimum absolute atomic E-state index is 0.000340. The molecule has 0 aromatic heterocycles. The second kappa shape index (κ2) is 7.56. The third kappa shape index (κ3) is 6.59. The summed E-state index contributed by atoms with van der Waals surface area (Å²) in [4.78, 5) is 35.3. The van der Waals surface area contributed by atoms with Gasteiger partial charge in [0.1, 0.15) is 12.2 Å². The van der Waals surface area contributed by atoms with Crippen molar-refractivity contribution in [2.75, 3.05) is 13.2 Å². The van der Waals surface area contributed by atoms with E-state index in [9.17, 15) is 14.4 Å². The minimum atomic E-state index is -0.895. The van der Waals surface area contributed by atoms with Crippen LogP contribution >= 0.6 is 0 Å². The Labute approximate surface area is 160 Å². The summed E-state index contributed by atoms with van der Waals surface area (Å²) in [5.41, 5.74) is -0.757. The molecule has 8 nitrogen and oxygen atoms in total. The summed E-state index contributed by atoms with van der Waals surface area (Å²) in [5, 5.41) is 5.84. The van der Waals surface area contributed by atoms with E-state index in [1.807, 2.05) is 20.8 Å². The maximum atomic E-state index is 12.2. The molecule has 0 spiro atoms. The summed E-state index contributed by atoms with van der Waals surface area (Å²) in [6.45, 7) is 12.3. The average Bonchev–Trinajstić information content (AvgIpc) is 2.87. The summed E-state index contributed by atoms with van der Waals surface area (Å²) in [6, 6.07) is -0.0434. The van der Waals surface area contributed by atoms with Gasteiger partial charge in [-0.1, -0.05) is 20.8 Å². The SMILES string of the molecule is CC1(C)CC(NC(=O)OC(C)(C)C)CC(C)(CNC(=O)C2COC(=O)O2)C1. The maximum Gasteiger partial charge on any atom is 0.509 e. The predicted octanol–water partition coefficient (Wildman–Crippen LogP) is 2.75. The Bertz CT molecular complexity index is 597. The van der Waals surface area contributed by atoms with E-state index in [1.54, 1.807) is 0 Å². The molecule has 0 bridgehead atoms. The van der Waals surface area contributed by atoms with Gasteiger partial charge >= 0.3 is 12.2 Å². The topological polar surface area (TPSA) is 103 Å². The fourth-order valence-electron chi connectivity index (χ4n) is 4.22. The second-order valence-electron chi connectivity index (χ2n) is 9.79. The summed E-state index contributed by atoms with van der Waals surface area (Å²) in [7, 11) is 0. The third-order valence-corrected chi connectivity index (χ3v) is 4.74. The van der Waals surface area contributed by atoms with Crippen LogP contribution in [-0.4, -0.2) is 49.1 Å². The Kier molecular flexibility index (Phi) is 5.97. The molecule has 2 aliphatic rings. The molecular formula is C19H32N2O6. The van der Waals surface area contributed by atoms with E-state index in [4.69, 9.17) is 9.47 Å². The van der Waals surface area contributed by atoms with Gasteiger partial charge in [0.25, 0.3) is 5.91 Å². The van der Waals surface area contributed by atoms with Crippen molar-refractivity contribution in [3.63, 3.8) is 0 Å². The first-order valence-corrected chi connectivity index (χ1v) is 9.38. The molecule has 0 aromatic carbocycles. The third-order valence-electron chi connectivity index (χ3n) is 4.74. The largest absolute Gasteiger partial charge is 0.509 e. The predicted molar refractivity (Wildman–Crippen MR) is 98.1 cm³/mol. The number of cyclic esters (lactones) is 2. The normalized spacial score (nSPS) is 30.1. The molecule has 154 valence electrons. The first kappa shape index (κ1) is 21.3. The monoisotopic (exact) mass is 384 g/mol. The van der Waals surface area contributed by atoms with E-state index in [0.29, 0.717) is 6.54 Å². The van der Waals surface area contributed by atoms with Crippen molar-refractivity contribution >= 4 is 18.2 Å². The first-order chi connectivity index (χ1) is 12.3.